The second-order valence-electron chi connectivity index (χ2n) is 3.56. The van der Waals surface area contributed by atoms with Gasteiger partial charge in [0, 0.05) is 10.8 Å². The van der Waals surface area contributed by atoms with Crippen LogP contribution in [0.1, 0.15) is 0 Å². The monoisotopic (exact) mass is 378 g/mol. The molecule has 2 N–H and O–H groups in total. The number of hydrogen-bond acceptors (Lipinski definition) is 4. The van der Waals surface area contributed by atoms with Crippen LogP contribution in [0, 0.1) is 0 Å². The molecule has 0 aliphatic carbocycles. The van der Waals surface area contributed by atoms with Gasteiger partial charge in [-0.3, -0.25) is 9.11 Å². The summed E-state index contributed by atoms with van der Waals surface area (Å²) in [6, 6.07) is 7.53. The van der Waals surface area contributed by atoms with Crippen LogP contribution in [-0.4, -0.2) is 71.4 Å². The van der Waals surface area contributed by atoms with Crippen LogP contribution < -0.4 is 0 Å². The van der Waals surface area contributed by atoms with Gasteiger partial charge in [0.2, 0.25) is 0 Å². The van der Waals surface area contributed by atoms with Crippen molar-refractivity contribution in [1.29, 1.82) is 0 Å². The molecule has 0 spiro atoms. The Hall–Kier alpha value is 0.000519. The molecule has 0 saturated carbocycles. The van der Waals surface area contributed by atoms with E-state index in [1.807, 2.05) is 0 Å². The summed E-state index contributed by atoms with van der Waals surface area (Å²) in [5, 5.41) is 0.0465. The summed E-state index contributed by atoms with van der Waals surface area (Å²) < 4.78 is 62.7. The zero-order valence-corrected chi connectivity index (χ0v) is 10.4. The van der Waals surface area contributed by atoms with E-state index in [1.54, 1.807) is 0 Å². The third-order valence-electron chi connectivity index (χ3n) is 2.40. The molecule has 0 bridgehead atoms. The van der Waals surface area contributed by atoms with Gasteiger partial charge in [-0.15, -0.1) is 0 Å². The van der Waals surface area contributed by atoms with E-state index in [1.165, 1.54) is 24.3 Å². The minimum absolute atomic E-state index is 0. The van der Waals surface area contributed by atoms with Crippen molar-refractivity contribution in [3.05, 3.63) is 36.4 Å². The van der Waals surface area contributed by atoms with E-state index in [9.17, 15) is 16.8 Å². The molecule has 0 aliphatic heterocycles. The van der Waals surface area contributed by atoms with Crippen molar-refractivity contribution in [2.45, 2.75) is 9.79 Å². The third-order valence-corrected chi connectivity index (χ3v) is 4.22. The summed E-state index contributed by atoms with van der Waals surface area (Å²) in [7, 11) is -8.94. The van der Waals surface area contributed by atoms with Crippen LogP contribution in [0.15, 0.2) is 46.2 Å². The second-order valence-corrected chi connectivity index (χ2v) is 6.34. The molecule has 2 aromatic rings. The molecular weight excluding hydrogens is 368 g/mol. The first-order chi connectivity index (χ1) is 8.21. The molecule has 0 radical (unpaired) electrons. The number of hydrogen-bond donors (Lipinski definition) is 2. The molecule has 2 aromatic carbocycles. The van der Waals surface area contributed by atoms with Crippen LogP contribution in [0.25, 0.3) is 10.8 Å². The SMILES string of the molecule is O=S(=O)(O)c1cccc2c(S(=O)(=O)O)cccc12.[SrH2]. The summed E-state index contributed by atoms with van der Waals surface area (Å²) in [6.07, 6.45) is 0. The summed E-state index contributed by atoms with van der Waals surface area (Å²) in [5.41, 5.74) is 0. The van der Waals surface area contributed by atoms with Crippen molar-refractivity contribution in [1.82, 2.24) is 0 Å². The molecule has 0 aromatic heterocycles. The van der Waals surface area contributed by atoms with Gasteiger partial charge >= 0.3 is 45.5 Å². The Morgan fingerprint density at radius 2 is 1.00 bits per heavy atom. The molecule has 0 amide bonds. The summed E-state index contributed by atoms with van der Waals surface area (Å²) in [6.45, 7) is 0. The van der Waals surface area contributed by atoms with Crippen LogP contribution in [0.3, 0.4) is 0 Å². The van der Waals surface area contributed by atoms with Gasteiger partial charge < -0.3 is 0 Å². The Bertz CT molecular complexity index is 755. The van der Waals surface area contributed by atoms with Crippen molar-refractivity contribution < 1.29 is 25.9 Å². The van der Waals surface area contributed by atoms with Crippen molar-refractivity contribution in [3.8, 4) is 0 Å². The van der Waals surface area contributed by atoms with Gasteiger partial charge in [-0.05, 0) is 12.1 Å². The van der Waals surface area contributed by atoms with Crippen molar-refractivity contribution >= 4 is 76.5 Å². The summed E-state index contributed by atoms with van der Waals surface area (Å²) >= 11 is 0. The average Bonchev–Trinajstić information content (AvgIpc) is 2.24. The van der Waals surface area contributed by atoms with Crippen LogP contribution in [0.4, 0.5) is 0 Å². The van der Waals surface area contributed by atoms with Gasteiger partial charge in [0.25, 0.3) is 20.2 Å². The fraction of sp³-hybridized carbons (Fsp3) is 0. The van der Waals surface area contributed by atoms with E-state index in [2.05, 4.69) is 0 Å². The predicted molar refractivity (Wildman–Crippen MR) is 72.1 cm³/mol. The van der Waals surface area contributed by atoms with E-state index in [-0.39, 0.29) is 56.3 Å². The topological polar surface area (TPSA) is 109 Å². The Labute approximate surface area is 147 Å². The number of rotatable bonds is 2. The number of benzene rings is 2. The Kier molecular flexibility index (Phi) is 5.19. The zero-order valence-electron chi connectivity index (χ0n) is 8.81. The molecule has 0 aliphatic rings. The Morgan fingerprint density at radius 1 is 0.684 bits per heavy atom. The predicted octanol–water partition coefficient (Wildman–Crippen LogP) is 0.417. The quantitative estimate of drug-likeness (QED) is 0.579. The van der Waals surface area contributed by atoms with Crippen molar-refractivity contribution in [2.24, 2.45) is 0 Å². The molecule has 19 heavy (non-hydrogen) atoms. The molecule has 0 saturated heterocycles. The van der Waals surface area contributed by atoms with Gasteiger partial charge in [0.15, 0.2) is 0 Å². The Morgan fingerprint density at radius 3 is 1.26 bits per heavy atom. The van der Waals surface area contributed by atoms with Crippen LogP contribution in [-0.2, 0) is 20.2 Å². The fourth-order valence-corrected chi connectivity index (χ4v) is 3.12. The van der Waals surface area contributed by atoms with Crippen LogP contribution >= 0.6 is 0 Å². The van der Waals surface area contributed by atoms with Crippen molar-refractivity contribution in [2.75, 3.05) is 0 Å². The number of fused-ring (bicyclic) bond motifs is 1. The molecule has 2 rings (SSSR count). The average molecular weight is 378 g/mol. The summed E-state index contributed by atoms with van der Waals surface area (Å²) in [4.78, 5) is -0.823. The summed E-state index contributed by atoms with van der Waals surface area (Å²) in [5.74, 6) is 0. The second kappa shape index (κ2) is 5.78. The van der Waals surface area contributed by atoms with E-state index < -0.39 is 30.0 Å². The molecule has 0 unspecified atom stereocenters. The van der Waals surface area contributed by atoms with Gasteiger partial charge in [-0.2, -0.15) is 16.8 Å². The first-order valence-electron chi connectivity index (χ1n) is 4.68. The van der Waals surface area contributed by atoms with Gasteiger partial charge in [0.1, 0.15) is 9.79 Å². The molecule has 0 fully saturated rings. The van der Waals surface area contributed by atoms with Gasteiger partial charge in [0.05, 0.1) is 0 Å². The first kappa shape index (κ1) is 17.1. The molecule has 0 atom stereocenters. The van der Waals surface area contributed by atoms with E-state index in [0.717, 1.165) is 12.1 Å². The minimum atomic E-state index is -4.47. The van der Waals surface area contributed by atoms with Gasteiger partial charge in [-0.1, -0.05) is 24.3 Å². The standard InChI is InChI=1S/C10H8O6S2.Sr.2H/c11-17(12,13)9-5-1-3-7-8(9)4-2-6-10(7)18(14,15)16;;;/h1-6H,(H,11,12,13)(H,14,15,16);;;. The molecular formula is C10H10O6S2Sr. The van der Waals surface area contributed by atoms with Gasteiger partial charge in [-0.25, -0.2) is 0 Å². The third kappa shape index (κ3) is 3.56. The zero-order chi connectivity index (χ0) is 13.6. The maximum absolute atomic E-state index is 11.2. The maximum atomic E-state index is 11.2. The first-order valence-corrected chi connectivity index (χ1v) is 7.56. The van der Waals surface area contributed by atoms with Crippen molar-refractivity contribution in [3.63, 3.8) is 0 Å². The van der Waals surface area contributed by atoms with E-state index in [0.29, 0.717) is 0 Å². The molecule has 6 nitrogen and oxygen atoms in total. The molecule has 100 valence electrons. The fourth-order valence-electron chi connectivity index (χ4n) is 1.70. The van der Waals surface area contributed by atoms with E-state index >= 15 is 0 Å². The van der Waals surface area contributed by atoms with Crippen LogP contribution in [0.5, 0.6) is 0 Å². The van der Waals surface area contributed by atoms with Crippen LogP contribution in [0.2, 0.25) is 0 Å². The molecule has 9 heteroatoms. The Balaban J connectivity index is 0.00000180. The molecule has 0 heterocycles. The van der Waals surface area contributed by atoms with E-state index in [4.69, 9.17) is 9.11 Å². The normalized spacial score (nSPS) is 12.1.